The molecule has 0 bridgehead atoms. The van der Waals surface area contributed by atoms with Crippen LogP contribution in [0.2, 0.25) is 0 Å². The van der Waals surface area contributed by atoms with E-state index in [-0.39, 0.29) is 12.5 Å². The molecule has 6 nitrogen and oxygen atoms in total. The van der Waals surface area contributed by atoms with Crippen LogP contribution < -0.4 is 11.1 Å². The van der Waals surface area contributed by atoms with Crippen molar-refractivity contribution in [1.29, 1.82) is 0 Å². The predicted molar refractivity (Wildman–Crippen MR) is 61.9 cm³/mol. The van der Waals surface area contributed by atoms with Gasteiger partial charge in [-0.05, 0) is 19.3 Å². The number of nitrogens with one attached hydrogen (secondary N) is 1. The molecule has 1 aliphatic rings. The molecular weight excluding hydrogens is 220 g/mol. The normalized spacial score (nSPS) is 19.5. The molecule has 1 heterocycles. The van der Waals surface area contributed by atoms with E-state index >= 15 is 0 Å². The Hall–Kier alpha value is -1.40. The van der Waals surface area contributed by atoms with Crippen LogP contribution in [0.3, 0.4) is 0 Å². The Kier molecular flexibility index (Phi) is 3.17. The summed E-state index contributed by atoms with van der Waals surface area (Å²) in [5, 5.41) is 16.5. The van der Waals surface area contributed by atoms with Crippen LogP contribution in [-0.2, 0) is 11.8 Å². The molecule has 17 heavy (non-hydrogen) atoms. The van der Waals surface area contributed by atoms with Crippen molar-refractivity contribution in [1.82, 2.24) is 15.1 Å². The maximum atomic E-state index is 11.8. The van der Waals surface area contributed by atoms with Crippen LogP contribution in [0, 0.1) is 0 Å². The van der Waals surface area contributed by atoms with Crippen molar-refractivity contribution < 1.29 is 9.90 Å². The van der Waals surface area contributed by atoms with Gasteiger partial charge in [-0.1, -0.05) is 0 Å². The molecule has 1 saturated carbocycles. The molecule has 1 unspecified atom stereocenters. The van der Waals surface area contributed by atoms with Crippen LogP contribution in [0.25, 0.3) is 0 Å². The first-order valence-electron chi connectivity index (χ1n) is 5.74. The summed E-state index contributed by atoms with van der Waals surface area (Å²) in [5.41, 5.74) is 5.75. The van der Waals surface area contributed by atoms with Gasteiger partial charge < -0.3 is 16.2 Å². The van der Waals surface area contributed by atoms with Gasteiger partial charge >= 0.3 is 0 Å². The minimum Gasteiger partial charge on any atom is -0.388 e. The lowest BCUT2D eigenvalue weighted by molar-refractivity contribution is -0.124. The first kappa shape index (κ1) is 12.1. The number of carbonyl (C=O) groups excluding carboxylic acids is 1. The molecule has 1 aromatic rings. The standard InChI is InChI=1S/C11H18N4O2/c1-15-6-8(5-14-15)9(12)10(16)13-7-11(17)3-2-4-11/h5-6,9,17H,2-4,7,12H2,1H3,(H,13,16). The van der Waals surface area contributed by atoms with E-state index in [1.54, 1.807) is 24.1 Å². The minimum absolute atomic E-state index is 0.278. The number of aliphatic hydroxyl groups is 1. The SMILES string of the molecule is Cn1cc(C(N)C(=O)NCC2(O)CCC2)cn1. The zero-order chi connectivity index (χ0) is 12.5. The fourth-order valence-corrected chi connectivity index (χ4v) is 1.88. The van der Waals surface area contributed by atoms with E-state index < -0.39 is 11.6 Å². The fourth-order valence-electron chi connectivity index (χ4n) is 1.88. The van der Waals surface area contributed by atoms with Gasteiger partial charge in [0.15, 0.2) is 0 Å². The fraction of sp³-hybridized carbons (Fsp3) is 0.636. The van der Waals surface area contributed by atoms with Gasteiger partial charge in [0.25, 0.3) is 0 Å². The van der Waals surface area contributed by atoms with Crippen LogP contribution >= 0.6 is 0 Å². The highest BCUT2D eigenvalue weighted by Gasteiger charge is 2.35. The monoisotopic (exact) mass is 238 g/mol. The lowest BCUT2D eigenvalue weighted by Crippen LogP contribution is -2.49. The molecule has 2 rings (SSSR count). The number of rotatable bonds is 4. The van der Waals surface area contributed by atoms with Crippen molar-refractivity contribution in [3.63, 3.8) is 0 Å². The van der Waals surface area contributed by atoms with E-state index in [4.69, 9.17) is 5.73 Å². The smallest absolute Gasteiger partial charge is 0.241 e. The Morgan fingerprint density at radius 2 is 2.47 bits per heavy atom. The lowest BCUT2D eigenvalue weighted by atomic mass is 9.80. The molecule has 1 aromatic heterocycles. The van der Waals surface area contributed by atoms with E-state index in [1.165, 1.54) is 0 Å². The van der Waals surface area contributed by atoms with Crippen LogP contribution in [0.1, 0.15) is 30.9 Å². The van der Waals surface area contributed by atoms with Gasteiger partial charge in [0.1, 0.15) is 6.04 Å². The number of nitrogens with two attached hydrogens (primary N) is 1. The van der Waals surface area contributed by atoms with Gasteiger partial charge in [0.2, 0.25) is 5.91 Å². The maximum Gasteiger partial charge on any atom is 0.241 e. The lowest BCUT2D eigenvalue weighted by Gasteiger charge is -2.36. The molecule has 4 N–H and O–H groups in total. The van der Waals surface area contributed by atoms with Crippen molar-refractivity contribution in [2.24, 2.45) is 12.8 Å². The number of nitrogens with zero attached hydrogens (tertiary/aromatic N) is 2. The molecule has 0 aliphatic heterocycles. The second-order valence-corrected chi connectivity index (χ2v) is 4.72. The quantitative estimate of drug-likeness (QED) is 0.656. The zero-order valence-corrected chi connectivity index (χ0v) is 9.89. The highest BCUT2D eigenvalue weighted by Crippen LogP contribution is 2.30. The third-order valence-electron chi connectivity index (χ3n) is 3.24. The largest absolute Gasteiger partial charge is 0.388 e. The molecule has 1 fully saturated rings. The molecule has 1 aliphatic carbocycles. The van der Waals surface area contributed by atoms with Gasteiger partial charge in [-0.3, -0.25) is 9.48 Å². The van der Waals surface area contributed by atoms with E-state index in [9.17, 15) is 9.90 Å². The van der Waals surface area contributed by atoms with E-state index in [0.717, 1.165) is 19.3 Å². The molecule has 1 amide bonds. The van der Waals surface area contributed by atoms with Crippen LogP contribution in [-0.4, -0.2) is 32.9 Å². The second kappa shape index (κ2) is 4.46. The summed E-state index contributed by atoms with van der Waals surface area (Å²) in [7, 11) is 1.77. The molecule has 0 saturated heterocycles. The van der Waals surface area contributed by atoms with Crippen molar-refractivity contribution >= 4 is 5.91 Å². The van der Waals surface area contributed by atoms with Crippen LogP contribution in [0.4, 0.5) is 0 Å². The first-order chi connectivity index (χ1) is 8.00. The van der Waals surface area contributed by atoms with E-state index in [0.29, 0.717) is 5.56 Å². The summed E-state index contributed by atoms with van der Waals surface area (Å²) < 4.78 is 1.60. The predicted octanol–water partition coefficient (Wildman–Crippen LogP) is -0.549. The number of hydrogen-bond acceptors (Lipinski definition) is 4. The minimum atomic E-state index is -0.729. The maximum absolute atomic E-state index is 11.8. The Morgan fingerprint density at radius 3 is 2.94 bits per heavy atom. The van der Waals surface area contributed by atoms with Crippen molar-refractivity contribution in [3.8, 4) is 0 Å². The summed E-state index contributed by atoms with van der Waals surface area (Å²) in [4.78, 5) is 11.8. The molecule has 6 heteroatoms. The van der Waals surface area contributed by atoms with Crippen LogP contribution in [0.5, 0.6) is 0 Å². The zero-order valence-electron chi connectivity index (χ0n) is 9.89. The molecule has 0 spiro atoms. The molecule has 0 aromatic carbocycles. The summed E-state index contributed by atoms with van der Waals surface area (Å²) in [6.45, 7) is 0.278. The van der Waals surface area contributed by atoms with Crippen LogP contribution in [0.15, 0.2) is 12.4 Å². The third kappa shape index (κ3) is 2.65. The van der Waals surface area contributed by atoms with Gasteiger partial charge in [0, 0.05) is 25.4 Å². The summed E-state index contributed by atoms with van der Waals surface area (Å²) >= 11 is 0. The molecule has 0 radical (unpaired) electrons. The third-order valence-corrected chi connectivity index (χ3v) is 3.24. The van der Waals surface area contributed by atoms with Crippen molar-refractivity contribution in [2.75, 3.05) is 6.54 Å². The Bertz CT molecular complexity index is 411. The summed E-state index contributed by atoms with van der Waals surface area (Å²) in [6.07, 6.45) is 5.79. The number of amides is 1. The average Bonchev–Trinajstić information content (AvgIpc) is 2.69. The van der Waals surface area contributed by atoms with Crippen molar-refractivity contribution in [3.05, 3.63) is 18.0 Å². The average molecular weight is 238 g/mol. The molecule has 1 atom stereocenters. The Labute approximate surface area is 99.8 Å². The number of hydrogen-bond donors (Lipinski definition) is 3. The number of aryl methyl sites for hydroxylation is 1. The molecule has 94 valence electrons. The molecular formula is C11H18N4O2. The number of aromatic nitrogens is 2. The summed E-state index contributed by atoms with van der Waals surface area (Å²) in [6, 6.07) is -0.729. The topological polar surface area (TPSA) is 93.2 Å². The Morgan fingerprint density at radius 1 is 1.76 bits per heavy atom. The van der Waals surface area contributed by atoms with Gasteiger partial charge in [-0.15, -0.1) is 0 Å². The van der Waals surface area contributed by atoms with Crippen molar-refractivity contribution in [2.45, 2.75) is 30.9 Å². The van der Waals surface area contributed by atoms with E-state index in [1.807, 2.05) is 0 Å². The summed E-state index contributed by atoms with van der Waals surface area (Å²) in [5.74, 6) is -0.279. The second-order valence-electron chi connectivity index (χ2n) is 4.72. The van der Waals surface area contributed by atoms with Gasteiger partial charge in [0.05, 0.1) is 11.8 Å². The van der Waals surface area contributed by atoms with E-state index in [2.05, 4.69) is 10.4 Å². The first-order valence-corrected chi connectivity index (χ1v) is 5.74. The highest BCUT2D eigenvalue weighted by atomic mass is 16.3. The van der Waals surface area contributed by atoms with Gasteiger partial charge in [-0.25, -0.2) is 0 Å². The highest BCUT2D eigenvalue weighted by molar-refractivity contribution is 5.82. The number of carbonyl (C=O) groups is 1. The van der Waals surface area contributed by atoms with Gasteiger partial charge in [-0.2, -0.15) is 5.10 Å². The Balaban J connectivity index is 1.87.